The van der Waals surface area contributed by atoms with Crippen molar-refractivity contribution in [3.05, 3.63) is 40.6 Å². The number of aryl methyl sites for hydroxylation is 1. The first-order chi connectivity index (χ1) is 9.22. The highest BCUT2D eigenvalue weighted by molar-refractivity contribution is 6.08. The predicted molar refractivity (Wildman–Crippen MR) is 75.3 cm³/mol. The van der Waals surface area contributed by atoms with Gasteiger partial charge in [0.05, 0.1) is 11.1 Å². The van der Waals surface area contributed by atoms with Crippen molar-refractivity contribution in [2.75, 3.05) is 13.6 Å². The van der Waals surface area contributed by atoms with E-state index in [2.05, 4.69) is 10.6 Å². The Labute approximate surface area is 112 Å². The minimum Gasteiger partial charge on any atom is -0.355 e. The molecule has 2 N–H and O–H groups in total. The first kappa shape index (κ1) is 12.1. The fourth-order valence-electron chi connectivity index (χ4n) is 2.72. The second-order valence-electron chi connectivity index (χ2n) is 4.89. The lowest BCUT2D eigenvalue weighted by Gasteiger charge is -2.21. The Morgan fingerprint density at radius 3 is 3.05 bits per heavy atom. The molecule has 0 fully saturated rings. The molecule has 4 heteroatoms. The third kappa shape index (κ3) is 1.88. The van der Waals surface area contributed by atoms with Crippen LogP contribution in [0, 0.1) is 6.92 Å². The minimum atomic E-state index is -0.0297. The van der Waals surface area contributed by atoms with Crippen LogP contribution in [0.5, 0.6) is 0 Å². The van der Waals surface area contributed by atoms with Crippen molar-refractivity contribution in [1.29, 1.82) is 0 Å². The molecule has 1 aromatic heterocycles. The van der Waals surface area contributed by atoms with Gasteiger partial charge in [-0.25, -0.2) is 0 Å². The van der Waals surface area contributed by atoms with E-state index in [1.165, 1.54) is 0 Å². The summed E-state index contributed by atoms with van der Waals surface area (Å²) in [6, 6.07) is 6.00. The lowest BCUT2D eigenvalue weighted by molar-refractivity contribution is 0.0963. The quantitative estimate of drug-likeness (QED) is 0.813. The van der Waals surface area contributed by atoms with Gasteiger partial charge in [0.25, 0.3) is 5.91 Å². The lowest BCUT2D eigenvalue weighted by atomic mass is 9.95. The van der Waals surface area contributed by atoms with Crippen molar-refractivity contribution in [2.24, 2.45) is 0 Å². The Hall–Kier alpha value is -1.94. The minimum absolute atomic E-state index is 0.0297. The van der Waals surface area contributed by atoms with Crippen molar-refractivity contribution < 1.29 is 4.79 Å². The standard InChI is InChI=1S/C15H17N3O/c1-9-4-3-5-10-13(15(19)16-2)11-8-17-7-6-12(11)18-14(9)10/h3-5,17H,6-8H2,1-2H3,(H,16,19). The summed E-state index contributed by atoms with van der Waals surface area (Å²) in [7, 11) is 1.67. The number of carbonyl (C=O) groups is 1. The van der Waals surface area contributed by atoms with Gasteiger partial charge in [-0.2, -0.15) is 0 Å². The summed E-state index contributed by atoms with van der Waals surface area (Å²) in [5.41, 5.74) is 4.94. The number of aromatic nitrogens is 1. The summed E-state index contributed by atoms with van der Waals surface area (Å²) in [5.74, 6) is -0.0297. The van der Waals surface area contributed by atoms with Gasteiger partial charge in [0.15, 0.2) is 0 Å². The zero-order valence-electron chi connectivity index (χ0n) is 11.2. The average molecular weight is 255 g/mol. The van der Waals surface area contributed by atoms with Gasteiger partial charge in [-0.15, -0.1) is 0 Å². The van der Waals surface area contributed by atoms with Crippen molar-refractivity contribution in [3.8, 4) is 0 Å². The number of fused-ring (bicyclic) bond motifs is 2. The molecule has 0 aliphatic carbocycles. The van der Waals surface area contributed by atoms with E-state index in [-0.39, 0.29) is 5.91 Å². The molecule has 1 aliphatic heterocycles. The molecule has 0 spiro atoms. The zero-order valence-corrected chi connectivity index (χ0v) is 11.2. The van der Waals surface area contributed by atoms with E-state index in [0.29, 0.717) is 0 Å². The highest BCUT2D eigenvalue weighted by Crippen LogP contribution is 2.27. The van der Waals surface area contributed by atoms with Gasteiger partial charge >= 0.3 is 0 Å². The molecule has 0 radical (unpaired) electrons. The molecular formula is C15H17N3O. The van der Waals surface area contributed by atoms with Crippen LogP contribution in [0.3, 0.4) is 0 Å². The second-order valence-corrected chi connectivity index (χ2v) is 4.89. The van der Waals surface area contributed by atoms with Gasteiger partial charge in [-0.1, -0.05) is 18.2 Å². The van der Waals surface area contributed by atoms with E-state index < -0.39 is 0 Å². The maximum absolute atomic E-state index is 12.2. The number of pyridine rings is 1. The van der Waals surface area contributed by atoms with E-state index in [1.54, 1.807) is 7.05 Å². The van der Waals surface area contributed by atoms with Crippen LogP contribution >= 0.6 is 0 Å². The summed E-state index contributed by atoms with van der Waals surface area (Å²) in [6.07, 6.45) is 0.879. The maximum atomic E-state index is 12.2. The summed E-state index contributed by atoms with van der Waals surface area (Å²) in [5, 5.41) is 7.01. The summed E-state index contributed by atoms with van der Waals surface area (Å²) >= 11 is 0. The van der Waals surface area contributed by atoms with Gasteiger partial charge in [-0.05, 0) is 12.5 Å². The van der Waals surface area contributed by atoms with Crippen LogP contribution < -0.4 is 10.6 Å². The van der Waals surface area contributed by atoms with Crippen molar-refractivity contribution >= 4 is 16.8 Å². The first-order valence-corrected chi connectivity index (χ1v) is 6.56. The number of hydrogen-bond donors (Lipinski definition) is 2. The van der Waals surface area contributed by atoms with Crippen LogP contribution in [-0.4, -0.2) is 24.5 Å². The Bertz CT molecular complexity index is 664. The average Bonchev–Trinajstić information content (AvgIpc) is 2.45. The Kier molecular flexibility index (Phi) is 2.95. The molecule has 98 valence electrons. The normalized spacial score (nSPS) is 14.2. The lowest BCUT2D eigenvalue weighted by Crippen LogP contribution is -2.29. The number of carbonyl (C=O) groups excluding carboxylic acids is 1. The molecule has 19 heavy (non-hydrogen) atoms. The summed E-state index contributed by atoms with van der Waals surface area (Å²) in [4.78, 5) is 17.0. The van der Waals surface area contributed by atoms with Crippen LogP contribution in [0.15, 0.2) is 18.2 Å². The monoisotopic (exact) mass is 255 g/mol. The molecule has 0 bridgehead atoms. The largest absolute Gasteiger partial charge is 0.355 e. The smallest absolute Gasteiger partial charge is 0.252 e. The SMILES string of the molecule is CNC(=O)c1c2c(nc3c(C)cccc13)CCNC2. The van der Waals surface area contributed by atoms with Gasteiger partial charge < -0.3 is 10.6 Å². The predicted octanol–water partition coefficient (Wildman–Crippen LogP) is 1.55. The fourth-order valence-corrected chi connectivity index (χ4v) is 2.72. The molecule has 3 rings (SSSR count). The first-order valence-electron chi connectivity index (χ1n) is 6.56. The number of hydrogen-bond acceptors (Lipinski definition) is 3. The van der Waals surface area contributed by atoms with Crippen LogP contribution in [0.1, 0.15) is 27.2 Å². The Balaban J connectivity index is 2.40. The van der Waals surface area contributed by atoms with Crippen molar-refractivity contribution in [3.63, 3.8) is 0 Å². The molecule has 2 aromatic rings. The molecule has 0 saturated heterocycles. The molecular weight excluding hydrogens is 238 g/mol. The van der Waals surface area contributed by atoms with E-state index >= 15 is 0 Å². The molecule has 0 unspecified atom stereocenters. The second kappa shape index (κ2) is 4.63. The number of amides is 1. The fraction of sp³-hybridized carbons (Fsp3) is 0.333. The highest BCUT2D eigenvalue weighted by Gasteiger charge is 2.22. The van der Waals surface area contributed by atoms with Gasteiger partial charge in [-0.3, -0.25) is 9.78 Å². The van der Waals surface area contributed by atoms with Gasteiger partial charge in [0.1, 0.15) is 0 Å². The Morgan fingerprint density at radius 2 is 2.26 bits per heavy atom. The molecule has 1 amide bonds. The van der Waals surface area contributed by atoms with E-state index in [4.69, 9.17) is 4.98 Å². The topological polar surface area (TPSA) is 54.0 Å². The molecule has 4 nitrogen and oxygen atoms in total. The number of benzene rings is 1. The number of nitrogens with one attached hydrogen (secondary N) is 2. The number of rotatable bonds is 1. The molecule has 0 atom stereocenters. The zero-order chi connectivity index (χ0) is 13.4. The third-order valence-electron chi connectivity index (χ3n) is 3.70. The van der Waals surface area contributed by atoms with Crippen LogP contribution in [-0.2, 0) is 13.0 Å². The van der Waals surface area contributed by atoms with Crippen LogP contribution in [0.25, 0.3) is 10.9 Å². The van der Waals surface area contributed by atoms with E-state index in [9.17, 15) is 4.79 Å². The van der Waals surface area contributed by atoms with Crippen LogP contribution in [0.4, 0.5) is 0 Å². The van der Waals surface area contributed by atoms with Crippen LogP contribution in [0.2, 0.25) is 0 Å². The summed E-state index contributed by atoms with van der Waals surface area (Å²) in [6.45, 7) is 3.68. The molecule has 1 aliphatic rings. The number of para-hydroxylation sites is 1. The van der Waals surface area contributed by atoms with E-state index in [1.807, 2.05) is 25.1 Å². The summed E-state index contributed by atoms with van der Waals surface area (Å²) < 4.78 is 0. The van der Waals surface area contributed by atoms with Gasteiger partial charge in [0, 0.05) is 43.2 Å². The van der Waals surface area contributed by atoms with Gasteiger partial charge in [0.2, 0.25) is 0 Å². The third-order valence-corrected chi connectivity index (χ3v) is 3.70. The highest BCUT2D eigenvalue weighted by atomic mass is 16.1. The maximum Gasteiger partial charge on any atom is 0.252 e. The van der Waals surface area contributed by atoms with Crippen molar-refractivity contribution in [2.45, 2.75) is 19.9 Å². The van der Waals surface area contributed by atoms with E-state index in [0.717, 1.165) is 52.8 Å². The van der Waals surface area contributed by atoms with Crippen molar-refractivity contribution in [1.82, 2.24) is 15.6 Å². The molecule has 1 aromatic carbocycles. The Morgan fingerprint density at radius 1 is 1.42 bits per heavy atom. The number of nitrogens with zero attached hydrogens (tertiary/aromatic N) is 1. The molecule has 0 saturated carbocycles. The molecule has 2 heterocycles.